The third kappa shape index (κ3) is 3.34. The number of anilines is 1. The fourth-order valence-corrected chi connectivity index (χ4v) is 2.29. The van der Waals surface area contributed by atoms with Crippen molar-refractivity contribution in [3.63, 3.8) is 0 Å². The molecule has 0 fully saturated rings. The van der Waals surface area contributed by atoms with Gasteiger partial charge in [-0.3, -0.25) is 4.79 Å². The van der Waals surface area contributed by atoms with Gasteiger partial charge in [-0.15, -0.1) is 0 Å². The van der Waals surface area contributed by atoms with E-state index in [9.17, 15) is 9.90 Å². The summed E-state index contributed by atoms with van der Waals surface area (Å²) in [7, 11) is 0. The van der Waals surface area contributed by atoms with Crippen LogP contribution in [-0.2, 0) is 0 Å². The molecular weight excluding hydrogens is 264 g/mol. The number of aliphatic hydroxyl groups is 1. The van der Waals surface area contributed by atoms with Crippen LogP contribution in [0.4, 0.5) is 5.69 Å². The zero-order valence-corrected chi connectivity index (χ0v) is 12.5. The molecule has 0 saturated heterocycles. The highest BCUT2D eigenvalue weighted by Gasteiger charge is 2.23. The number of nitrogen functional groups attached to an aromatic ring is 1. The molecule has 21 heavy (non-hydrogen) atoms. The van der Waals surface area contributed by atoms with Crippen LogP contribution in [0.3, 0.4) is 0 Å². The fourth-order valence-electron chi connectivity index (χ4n) is 2.29. The standard InChI is InChI=1S/C17H22N2O2/c1-3-17(21,4-2)11-19-16(20)14-9-12-7-5-6-8-13(12)10-15(14)18/h5-10,21H,3-4,11,18H2,1-2H3,(H,19,20). The van der Waals surface area contributed by atoms with Crippen LogP contribution in [0.25, 0.3) is 10.8 Å². The number of benzene rings is 2. The third-order valence-electron chi connectivity index (χ3n) is 4.06. The van der Waals surface area contributed by atoms with Gasteiger partial charge in [0, 0.05) is 12.2 Å². The van der Waals surface area contributed by atoms with E-state index in [-0.39, 0.29) is 12.5 Å². The summed E-state index contributed by atoms with van der Waals surface area (Å²) in [6.45, 7) is 4.03. The molecule has 0 aliphatic carbocycles. The summed E-state index contributed by atoms with van der Waals surface area (Å²) in [6.07, 6.45) is 1.19. The average Bonchev–Trinajstić information content (AvgIpc) is 2.51. The zero-order valence-electron chi connectivity index (χ0n) is 12.5. The Morgan fingerprint density at radius 1 is 1.19 bits per heavy atom. The van der Waals surface area contributed by atoms with Gasteiger partial charge in [-0.25, -0.2) is 0 Å². The summed E-state index contributed by atoms with van der Waals surface area (Å²) < 4.78 is 0. The number of hydrogen-bond donors (Lipinski definition) is 3. The van der Waals surface area contributed by atoms with Crippen LogP contribution in [0, 0.1) is 0 Å². The van der Waals surface area contributed by atoms with Gasteiger partial charge in [0.2, 0.25) is 0 Å². The monoisotopic (exact) mass is 286 g/mol. The molecule has 0 atom stereocenters. The van der Waals surface area contributed by atoms with Gasteiger partial charge in [-0.1, -0.05) is 38.1 Å². The molecule has 2 aromatic carbocycles. The fraction of sp³-hybridized carbons (Fsp3) is 0.353. The van der Waals surface area contributed by atoms with Crippen molar-refractivity contribution in [2.45, 2.75) is 32.3 Å². The zero-order chi connectivity index (χ0) is 15.5. The molecule has 0 bridgehead atoms. The van der Waals surface area contributed by atoms with E-state index in [1.54, 1.807) is 12.1 Å². The van der Waals surface area contributed by atoms with Crippen LogP contribution in [0.2, 0.25) is 0 Å². The SMILES string of the molecule is CCC(O)(CC)CNC(=O)c1cc2ccccc2cc1N. The molecule has 112 valence electrons. The lowest BCUT2D eigenvalue weighted by molar-refractivity contribution is 0.0314. The number of amides is 1. The Morgan fingerprint density at radius 2 is 1.76 bits per heavy atom. The average molecular weight is 286 g/mol. The van der Waals surface area contributed by atoms with E-state index < -0.39 is 5.60 Å². The van der Waals surface area contributed by atoms with Gasteiger partial charge in [-0.05, 0) is 35.7 Å². The van der Waals surface area contributed by atoms with Crippen LogP contribution in [0.5, 0.6) is 0 Å². The Hall–Kier alpha value is -2.07. The molecule has 2 aromatic rings. The molecule has 1 amide bonds. The van der Waals surface area contributed by atoms with Crippen LogP contribution >= 0.6 is 0 Å². The van der Waals surface area contributed by atoms with E-state index in [0.717, 1.165) is 10.8 Å². The minimum Gasteiger partial charge on any atom is -0.398 e. The summed E-state index contributed by atoms with van der Waals surface area (Å²) in [5, 5.41) is 15.0. The van der Waals surface area contributed by atoms with Gasteiger partial charge in [-0.2, -0.15) is 0 Å². The molecule has 4 N–H and O–H groups in total. The lowest BCUT2D eigenvalue weighted by Gasteiger charge is -2.25. The minimum absolute atomic E-state index is 0.227. The van der Waals surface area contributed by atoms with E-state index in [0.29, 0.717) is 24.1 Å². The predicted octanol–water partition coefficient (Wildman–Crippen LogP) is 2.70. The van der Waals surface area contributed by atoms with Crippen molar-refractivity contribution in [3.8, 4) is 0 Å². The highest BCUT2D eigenvalue weighted by molar-refractivity contribution is 6.03. The summed E-state index contributed by atoms with van der Waals surface area (Å²) >= 11 is 0. The highest BCUT2D eigenvalue weighted by Crippen LogP contribution is 2.22. The summed E-state index contributed by atoms with van der Waals surface area (Å²) in [6, 6.07) is 11.4. The molecule has 0 spiro atoms. The summed E-state index contributed by atoms with van der Waals surface area (Å²) in [5.41, 5.74) is 6.00. The van der Waals surface area contributed by atoms with Crippen molar-refractivity contribution in [2.75, 3.05) is 12.3 Å². The Bertz CT molecular complexity index is 648. The van der Waals surface area contributed by atoms with Crippen LogP contribution < -0.4 is 11.1 Å². The van der Waals surface area contributed by atoms with E-state index in [1.807, 2.05) is 38.1 Å². The van der Waals surface area contributed by atoms with Crippen molar-refractivity contribution < 1.29 is 9.90 Å². The van der Waals surface area contributed by atoms with Crippen molar-refractivity contribution >= 4 is 22.4 Å². The maximum absolute atomic E-state index is 12.3. The van der Waals surface area contributed by atoms with Crippen LogP contribution in [0.15, 0.2) is 36.4 Å². The molecule has 0 heterocycles. The topological polar surface area (TPSA) is 75.3 Å². The summed E-state index contributed by atoms with van der Waals surface area (Å²) in [4.78, 5) is 12.3. The van der Waals surface area contributed by atoms with Crippen LogP contribution in [-0.4, -0.2) is 23.2 Å². The number of hydrogen-bond acceptors (Lipinski definition) is 3. The first-order valence-corrected chi connectivity index (χ1v) is 7.28. The molecule has 2 rings (SSSR count). The van der Waals surface area contributed by atoms with Gasteiger partial charge < -0.3 is 16.2 Å². The molecular formula is C17H22N2O2. The van der Waals surface area contributed by atoms with Crippen LogP contribution in [0.1, 0.15) is 37.0 Å². The second kappa shape index (κ2) is 6.14. The first kappa shape index (κ1) is 15.3. The van der Waals surface area contributed by atoms with E-state index >= 15 is 0 Å². The quantitative estimate of drug-likeness (QED) is 0.740. The smallest absolute Gasteiger partial charge is 0.253 e. The van der Waals surface area contributed by atoms with Crippen molar-refractivity contribution in [3.05, 3.63) is 42.0 Å². The largest absolute Gasteiger partial charge is 0.398 e. The lowest BCUT2D eigenvalue weighted by atomic mass is 9.97. The van der Waals surface area contributed by atoms with Gasteiger partial charge in [0.05, 0.1) is 11.2 Å². The minimum atomic E-state index is -0.860. The normalized spacial score (nSPS) is 11.6. The Labute approximate surface area is 125 Å². The molecule has 0 aliphatic rings. The molecule has 0 aromatic heterocycles. The summed E-state index contributed by atoms with van der Waals surface area (Å²) in [5.74, 6) is -0.251. The Morgan fingerprint density at radius 3 is 2.33 bits per heavy atom. The number of nitrogens with one attached hydrogen (secondary N) is 1. The van der Waals surface area contributed by atoms with Gasteiger partial charge in [0.25, 0.3) is 5.91 Å². The first-order chi connectivity index (χ1) is 9.99. The van der Waals surface area contributed by atoms with Gasteiger partial charge in [0.15, 0.2) is 0 Å². The Balaban J connectivity index is 2.21. The second-order valence-corrected chi connectivity index (χ2v) is 5.40. The molecule has 0 radical (unpaired) electrons. The van der Waals surface area contributed by atoms with Crippen molar-refractivity contribution in [1.82, 2.24) is 5.32 Å². The first-order valence-electron chi connectivity index (χ1n) is 7.28. The van der Waals surface area contributed by atoms with E-state index in [1.165, 1.54) is 0 Å². The van der Waals surface area contributed by atoms with Crippen molar-refractivity contribution in [1.29, 1.82) is 0 Å². The number of fused-ring (bicyclic) bond motifs is 1. The van der Waals surface area contributed by atoms with E-state index in [2.05, 4.69) is 5.32 Å². The number of carbonyl (C=O) groups is 1. The molecule has 4 heteroatoms. The third-order valence-corrected chi connectivity index (χ3v) is 4.06. The maximum atomic E-state index is 12.3. The Kier molecular flexibility index (Phi) is 4.48. The number of nitrogens with two attached hydrogens (primary N) is 1. The number of rotatable bonds is 5. The van der Waals surface area contributed by atoms with Gasteiger partial charge in [0.1, 0.15) is 0 Å². The molecule has 0 saturated carbocycles. The number of carbonyl (C=O) groups excluding carboxylic acids is 1. The second-order valence-electron chi connectivity index (χ2n) is 5.40. The highest BCUT2D eigenvalue weighted by atomic mass is 16.3. The lowest BCUT2D eigenvalue weighted by Crippen LogP contribution is -2.42. The molecule has 0 aliphatic heterocycles. The van der Waals surface area contributed by atoms with Gasteiger partial charge >= 0.3 is 0 Å². The maximum Gasteiger partial charge on any atom is 0.253 e. The predicted molar refractivity (Wildman–Crippen MR) is 86.2 cm³/mol. The molecule has 4 nitrogen and oxygen atoms in total. The van der Waals surface area contributed by atoms with Crippen molar-refractivity contribution in [2.24, 2.45) is 0 Å². The van der Waals surface area contributed by atoms with E-state index in [4.69, 9.17) is 5.73 Å². The molecule has 0 unspecified atom stereocenters.